The van der Waals surface area contributed by atoms with Crippen LogP contribution >= 0.6 is 23.4 Å². The Kier molecular flexibility index (Phi) is 7.16. The van der Waals surface area contributed by atoms with Crippen LogP contribution in [0.5, 0.6) is 0 Å². The maximum absolute atomic E-state index is 12.6. The molecule has 158 valence electrons. The maximum Gasteiger partial charge on any atom is 0.288 e. The number of para-hydroxylation sites is 1. The van der Waals surface area contributed by atoms with E-state index in [1.807, 2.05) is 48.7 Å². The van der Waals surface area contributed by atoms with Crippen molar-refractivity contribution in [1.29, 1.82) is 5.26 Å². The highest BCUT2D eigenvalue weighted by Crippen LogP contribution is 2.28. The number of benzene rings is 2. The van der Waals surface area contributed by atoms with E-state index >= 15 is 0 Å². The van der Waals surface area contributed by atoms with Gasteiger partial charge in [0.2, 0.25) is 0 Å². The highest BCUT2D eigenvalue weighted by atomic mass is 35.5. The predicted molar refractivity (Wildman–Crippen MR) is 121 cm³/mol. The van der Waals surface area contributed by atoms with Crippen molar-refractivity contribution in [3.8, 4) is 11.8 Å². The molecular weight excluding hydrogens is 440 g/mol. The van der Waals surface area contributed by atoms with Gasteiger partial charge in [-0.25, -0.2) is 0 Å². The average molecular weight is 458 g/mol. The summed E-state index contributed by atoms with van der Waals surface area (Å²) in [5, 5.41) is 12.7. The fraction of sp³-hybridized carbons (Fsp3) is 0.130. The Bertz CT molecular complexity index is 1180. The van der Waals surface area contributed by atoms with Gasteiger partial charge in [0.05, 0.1) is 10.7 Å². The lowest BCUT2D eigenvalue weighted by atomic mass is 10.1. The molecule has 0 aliphatic rings. The lowest BCUT2D eigenvalue weighted by molar-refractivity contribution is -0.112. The smallest absolute Gasteiger partial charge is 0.288 e. The minimum Gasteiger partial charge on any atom is -0.321 e. The number of anilines is 1. The Morgan fingerprint density at radius 1 is 1.19 bits per heavy atom. The van der Waals surface area contributed by atoms with Gasteiger partial charge in [-0.1, -0.05) is 35.5 Å². The summed E-state index contributed by atoms with van der Waals surface area (Å²) in [7, 11) is 0. The zero-order valence-electron chi connectivity index (χ0n) is 16.7. The largest absolute Gasteiger partial charge is 0.321 e. The third kappa shape index (κ3) is 5.35. The molecule has 0 saturated carbocycles. The Morgan fingerprint density at radius 2 is 1.87 bits per heavy atom. The number of carbonyl (C=O) groups is 1. The van der Waals surface area contributed by atoms with E-state index in [4.69, 9.17) is 11.6 Å². The van der Waals surface area contributed by atoms with Crippen LogP contribution in [0.1, 0.15) is 17.0 Å². The molecule has 3 rings (SSSR count). The molecule has 0 radical (unpaired) electrons. The Morgan fingerprint density at radius 3 is 2.48 bits per heavy atom. The molecule has 0 aliphatic carbocycles. The van der Waals surface area contributed by atoms with E-state index in [2.05, 4.69) is 5.32 Å². The number of hydrogen-bond donors (Lipinski definition) is 1. The topological polar surface area (TPSA) is 57.8 Å². The molecule has 4 nitrogen and oxygen atoms in total. The number of thioether (sulfide) groups is 1. The summed E-state index contributed by atoms with van der Waals surface area (Å²) in [5.41, 5.74) is 3.59. The van der Waals surface area contributed by atoms with Crippen molar-refractivity contribution < 1.29 is 13.6 Å². The summed E-state index contributed by atoms with van der Waals surface area (Å²) in [6, 6.07) is 17.2. The number of amides is 1. The number of halogens is 3. The second kappa shape index (κ2) is 9.82. The van der Waals surface area contributed by atoms with Gasteiger partial charge < -0.3 is 9.88 Å². The first kappa shape index (κ1) is 22.6. The summed E-state index contributed by atoms with van der Waals surface area (Å²) in [4.78, 5) is 13.0. The van der Waals surface area contributed by atoms with Crippen molar-refractivity contribution in [1.82, 2.24) is 4.57 Å². The average Bonchev–Trinajstić information content (AvgIpc) is 3.00. The van der Waals surface area contributed by atoms with Crippen LogP contribution in [0.15, 0.2) is 65.1 Å². The molecule has 3 aromatic rings. The number of nitrogens with zero attached hydrogens (tertiary/aromatic N) is 2. The van der Waals surface area contributed by atoms with E-state index < -0.39 is 11.7 Å². The minimum absolute atomic E-state index is 0.0783. The van der Waals surface area contributed by atoms with E-state index in [1.54, 1.807) is 6.07 Å². The monoisotopic (exact) mass is 457 g/mol. The first-order valence-electron chi connectivity index (χ1n) is 9.22. The molecule has 0 spiro atoms. The van der Waals surface area contributed by atoms with E-state index in [-0.39, 0.29) is 5.57 Å². The molecule has 2 aromatic carbocycles. The SMILES string of the molecule is Cc1cc(/C=C(/C#N)C(=O)Nc2ccc(SC(F)F)cc2)c(C)n1-c1ccccc1Cl. The quantitative estimate of drug-likeness (QED) is 0.257. The van der Waals surface area contributed by atoms with Gasteiger partial charge >= 0.3 is 0 Å². The summed E-state index contributed by atoms with van der Waals surface area (Å²) in [6.45, 7) is 3.80. The van der Waals surface area contributed by atoms with E-state index in [9.17, 15) is 18.8 Å². The van der Waals surface area contributed by atoms with E-state index in [1.165, 1.54) is 30.3 Å². The van der Waals surface area contributed by atoms with Crippen LogP contribution in [0.3, 0.4) is 0 Å². The van der Waals surface area contributed by atoms with Crippen LogP contribution in [-0.4, -0.2) is 16.2 Å². The van der Waals surface area contributed by atoms with Crippen molar-refractivity contribution in [3.63, 3.8) is 0 Å². The van der Waals surface area contributed by atoms with Crippen LogP contribution in [0, 0.1) is 25.2 Å². The van der Waals surface area contributed by atoms with Gasteiger partial charge in [0.1, 0.15) is 11.6 Å². The third-order valence-corrected chi connectivity index (χ3v) is 5.61. The van der Waals surface area contributed by atoms with Crippen LogP contribution < -0.4 is 5.32 Å². The molecule has 31 heavy (non-hydrogen) atoms. The first-order valence-corrected chi connectivity index (χ1v) is 10.5. The second-order valence-corrected chi connectivity index (χ2v) is 8.11. The fourth-order valence-electron chi connectivity index (χ4n) is 3.16. The Hall–Kier alpha value is -3.08. The standard InChI is InChI=1S/C23H18ClF2N3OS/c1-14-11-16(15(2)29(14)21-6-4-3-5-20(21)24)12-17(13-27)22(30)28-18-7-9-19(10-8-18)31-23(25)26/h3-12,23H,1-2H3,(H,28,30)/b17-12-. The van der Waals surface area contributed by atoms with Crippen molar-refractivity contribution >= 4 is 41.0 Å². The molecule has 0 saturated heterocycles. The number of aryl methyl sites for hydroxylation is 1. The van der Waals surface area contributed by atoms with E-state index in [0.717, 1.165) is 17.1 Å². The summed E-state index contributed by atoms with van der Waals surface area (Å²) in [5.74, 6) is -3.10. The maximum atomic E-state index is 12.6. The Labute approximate surface area is 188 Å². The zero-order valence-corrected chi connectivity index (χ0v) is 18.3. The number of nitriles is 1. The number of rotatable bonds is 6. The number of nitrogens with one attached hydrogen (secondary N) is 1. The number of carbonyl (C=O) groups excluding carboxylic acids is 1. The molecule has 0 atom stereocenters. The van der Waals surface area contributed by atoms with Crippen molar-refractivity contribution in [2.45, 2.75) is 24.5 Å². The fourth-order valence-corrected chi connectivity index (χ4v) is 3.88. The van der Waals surface area contributed by atoms with Crippen molar-refractivity contribution in [2.24, 2.45) is 0 Å². The summed E-state index contributed by atoms with van der Waals surface area (Å²) < 4.78 is 26.8. The molecule has 1 amide bonds. The predicted octanol–water partition coefficient (Wildman–Crippen LogP) is 6.61. The van der Waals surface area contributed by atoms with Gasteiger partial charge in [-0.15, -0.1) is 0 Å². The van der Waals surface area contributed by atoms with Crippen LogP contribution in [0.25, 0.3) is 11.8 Å². The molecule has 8 heteroatoms. The lowest BCUT2D eigenvalue weighted by Gasteiger charge is -2.11. The summed E-state index contributed by atoms with van der Waals surface area (Å²) in [6.07, 6.45) is 1.52. The van der Waals surface area contributed by atoms with Gasteiger partial charge in [-0.2, -0.15) is 14.0 Å². The normalized spacial score (nSPS) is 11.5. The van der Waals surface area contributed by atoms with Crippen molar-refractivity contribution in [3.05, 3.63) is 82.1 Å². The van der Waals surface area contributed by atoms with Crippen LogP contribution in [-0.2, 0) is 4.79 Å². The molecule has 0 aliphatic heterocycles. The summed E-state index contributed by atoms with van der Waals surface area (Å²) >= 11 is 6.75. The van der Waals surface area contributed by atoms with Crippen LogP contribution in [0.4, 0.5) is 14.5 Å². The molecule has 0 bridgehead atoms. The molecular formula is C23H18ClF2N3OS. The van der Waals surface area contributed by atoms with Crippen LogP contribution in [0.2, 0.25) is 5.02 Å². The van der Waals surface area contributed by atoms with Gasteiger partial charge in [0.15, 0.2) is 0 Å². The van der Waals surface area contributed by atoms with E-state index in [0.29, 0.717) is 32.9 Å². The lowest BCUT2D eigenvalue weighted by Crippen LogP contribution is -2.13. The number of alkyl halides is 2. The van der Waals surface area contributed by atoms with Gasteiger partial charge in [-0.3, -0.25) is 4.79 Å². The van der Waals surface area contributed by atoms with Gasteiger partial charge in [0, 0.05) is 22.0 Å². The molecule has 1 aromatic heterocycles. The van der Waals surface area contributed by atoms with Crippen molar-refractivity contribution in [2.75, 3.05) is 5.32 Å². The molecule has 0 fully saturated rings. The highest BCUT2D eigenvalue weighted by molar-refractivity contribution is 7.99. The molecule has 0 unspecified atom stereocenters. The van der Waals surface area contributed by atoms with Gasteiger partial charge in [-0.05, 0) is 68.0 Å². The number of aromatic nitrogens is 1. The second-order valence-electron chi connectivity index (χ2n) is 6.64. The minimum atomic E-state index is -2.52. The third-order valence-electron chi connectivity index (χ3n) is 4.57. The molecule has 1 heterocycles. The highest BCUT2D eigenvalue weighted by Gasteiger charge is 2.15. The Balaban J connectivity index is 1.85. The zero-order chi connectivity index (χ0) is 22.5. The number of hydrogen-bond acceptors (Lipinski definition) is 3. The van der Waals surface area contributed by atoms with Gasteiger partial charge in [0.25, 0.3) is 11.7 Å². The molecule has 1 N–H and O–H groups in total. The first-order chi connectivity index (χ1) is 14.8.